The third-order valence-corrected chi connectivity index (χ3v) is 6.07. The van der Waals surface area contributed by atoms with Gasteiger partial charge in [0.15, 0.2) is 5.82 Å². The second kappa shape index (κ2) is 8.39. The van der Waals surface area contributed by atoms with Crippen LogP contribution in [0.2, 0.25) is 5.02 Å². The summed E-state index contributed by atoms with van der Waals surface area (Å²) in [6, 6.07) is 14.6. The van der Waals surface area contributed by atoms with Crippen molar-refractivity contribution in [2.45, 2.75) is 20.3 Å². The molecular formula is C24H24ClFN6. The Hall–Kier alpha value is -3.19. The van der Waals surface area contributed by atoms with Crippen molar-refractivity contribution >= 4 is 28.9 Å². The molecule has 0 unspecified atom stereocenters. The van der Waals surface area contributed by atoms with Crippen LogP contribution in [0.5, 0.6) is 0 Å². The molecule has 32 heavy (non-hydrogen) atoms. The highest BCUT2D eigenvalue weighted by Gasteiger charge is 2.22. The van der Waals surface area contributed by atoms with Crippen LogP contribution in [-0.4, -0.2) is 45.8 Å². The molecule has 1 aliphatic rings. The number of nitrogens with zero attached hydrogens (tertiary/aromatic N) is 6. The van der Waals surface area contributed by atoms with Gasteiger partial charge in [-0.05, 0) is 49.2 Å². The van der Waals surface area contributed by atoms with E-state index in [0.717, 1.165) is 48.3 Å². The van der Waals surface area contributed by atoms with Gasteiger partial charge in [0, 0.05) is 55.1 Å². The number of benzene rings is 2. The zero-order valence-corrected chi connectivity index (χ0v) is 18.8. The number of anilines is 2. The van der Waals surface area contributed by atoms with Crippen molar-refractivity contribution in [1.29, 1.82) is 0 Å². The Morgan fingerprint density at radius 2 is 1.72 bits per heavy atom. The van der Waals surface area contributed by atoms with Gasteiger partial charge in [-0.2, -0.15) is 9.50 Å². The highest BCUT2D eigenvalue weighted by atomic mass is 35.5. The van der Waals surface area contributed by atoms with Gasteiger partial charge in [-0.1, -0.05) is 29.8 Å². The van der Waals surface area contributed by atoms with E-state index in [9.17, 15) is 4.39 Å². The van der Waals surface area contributed by atoms with Crippen LogP contribution in [0.4, 0.5) is 15.9 Å². The van der Waals surface area contributed by atoms with E-state index < -0.39 is 0 Å². The van der Waals surface area contributed by atoms with E-state index >= 15 is 0 Å². The number of hydrogen-bond acceptors (Lipinski definition) is 5. The minimum atomic E-state index is -0.256. The first kappa shape index (κ1) is 20.7. The van der Waals surface area contributed by atoms with Crippen molar-refractivity contribution in [3.05, 3.63) is 82.0 Å². The molecule has 0 N–H and O–H groups in total. The topological polar surface area (TPSA) is 49.6 Å². The van der Waals surface area contributed by atoms with Crippen molar-refractivity contribution in [2.24, 2.45) is 0 Å². The summed E-state index contributed by atoms with van der Waals surface area (Å²) in [5.41, 5.74) is 4.14. The fourth-order valence-corrected chi connectivity index (χ4v) is 4.40. The first-order valence-electron chi connectivity index (χ1n) is 10.7. The summed E-state index contributed by atoms with van der Waals surface area (Å²) < 4.78 is 15.4. The molecule has 4 aromatic rings. The van der Waals surface area contributed by atoms with Crippen molar-refractivity contribution in [3.8, 4) is 0 Å². The monoisotopic (exact) mass is 450 g/mol. The van der Waals surface area contributed by atoms with Crippen LogP contribution < -0.4 is 9.80 Å². The maximum atomic E-state index is 13.6. The summed E-state index contributed by atoms with van der Waals surface area (Å²) in [5, 5.41) is 5.46. The number of fused-ring (bicyclic) bond motifs is 1. The molecule has 8 heteroatoms. The third-order valence-electron chi connectivity index (χ3n) is 5.83. The standard InChI is InChI=1S/C24H24ClFN6/c1-16-6-7-19(25)15-21(16)30-8-10-31(11-9-30)23-12-17(2)27-24-28-22(29-32(23)24)14-18-4-3-5-20(26)13-18/h3-7,12-13,15H,8-11,14H2,1-2H3. The molecule has 2 aromatic carbocycles. The average Bonchev–Trinajstić information content (AvgIpc) is 3.17. The lowest BCUT2D eigenvalue weighted by Gasteiger charge is -2.37. The molecule has 5 rings (SSSR count). The molecule has 0 atom stereocenters. The summed E-state index contributed by atoms with van der Waals surface area (Å²) in [6.45, 7) is 7.55. The van der Waals surface area contributed by atoms with Crippen molar-refractivity contribution < 1.29 is 4.39 Å². The lowest BCUT2D eigenvalue weighted by Crippen LogP contribution is -2.47. The van der Waals surface area contributed by atoms with E-state index in [1.165, 1.54) is 23.4 Å². The maximum Gasteiger partial charge on any atom is 0.254 e. The summed E-state index contributed by atoms with van der Waals surface area (Å²) in [7, 11) is 0. The number of aromatic nitrogens is 4. The molecule has 2 aromatic heterocycles. The summed E-state index contributed by atoms with van der Waals surface area (Å²) in [4.78, 5) is 13.9. The van der Waals surface area contributed by atoms with Gasteiger partial charge in [-0.15, -0.1) is 5.10 Å². The normalized spacial score (nSPS) is 14.4. The van der Waals surface area contributed by atoms with Gasteiger partial charge in [0.2, 0.25) is 0 Å². The average molecular weight is 451 g/mol. The highest BCUT2D eigenvalue weighted by Crippen LogP contribution is 2.27. The van der Waals surface area contributed by atoms with E-state index in [2.05, 4.69) is 32.8 Å². The van der Waals surface area contributed by atoms with Crippen molar-refractivity contribution in [1.82, 2.24) is 19.6 Å². The van der Waals surface area contributed by atoms with Gasteiger partial charge < -0.3 is 9.80 Å². The number of piperazine rings is 1. The van der Waals surface area contributed by atoms with Crippen LogP contribution >= 0.6 is 11.6 Å². The fraction of sp³-hybridized carbons (Fsp3) is 0.292. The Kier molecular flexibility index (Phi) is 5.43. The maximum absolute atomic E-state index is 13.6. The number of hydrogen-bond donors (Lipinski definition) is 0. The third kappa shape index (κ3) is 4.12. The van der Waals surface area contributed by atoms with Gasteiger partial charge >= 0.3 is 0 Å². The Labute approximate surface area is 191 Å². The lowest BCUT2D eigenvalue weighted by atomic mass is 10.1. The largest absolute Gasteiger partial charge is 0.368 e. The summed E-state index contributed by atoms with van der Waals surface area (Å²) >= 11 is 6.23. The zero-order chi connectivity index (χ0) is 22.2. The van der Waals surface area contributed by atoms with E-state index in [1.807, 2.05) is 35.7 Å². The number of aryl methyl sites for hydroxylation is 2. The van der Waals surface area contributed by atoms with E-state index in [4.69, 9.17) is 16.7 Å². The molecule has 0 spiro atoms. The molecule has 164 valence electrons. The lowest BCUT2D eigenvalue weighted by molar-refractivity contribution is 0.625. The minimum Gasteiger partial charge on any atom is -0.368 e. The van der Waals surface area contributed by atoms with Crippen LogP contribution in [0, 0.1) is 19.7 Å². The second-order valence-corrected chi connectivity index (χ2v) is 8.64. The van der Waals surface area contributed by atoms with Gasteiger partial charge in [0.25, 0.3) is 5.78 Å². The van der Waals surface area contributed by atoms with Crippen molar-refractivity contribution in [2.75, 3.05) is 36.0 Å². The Balaban J connectivity index is 1.39. The minimum absolute atomic E-state index is 0.256. The molecule has 0 amide bonds. The fourth-order valence-electron chi connectivity index (χ4n) is 4.24. The van der Waals surface area contributed by atoms with Crippen LogP contribution in [0.3, 0.4) is 0 Å². The van der Waals surface area contributed by atoms with Gasteiger partial charge in [0.1, 0.15) is 11.6 Å². The van der Waals surface area contributed by atoms with Gasteiger partial charge in [-0.3, -0.25) is 0 Å². The second-order valence-electron chi connectivity index (χ2n) is 8.21. The van der Waals surface area contributed by atoms with Gasteiger partial charge in [-0.25, -0.2) is 9.37 Å². The molecule has 1 aliphatic heterocycles. The van der Waals surface area contributed by atoms with Crippen LogP contribution in [0.25, 0.3) is 5.78 Å². The zero-order valence-electron chi connectivity index (χ0n) is 18.1. The van der Waals surface area contributed by atoms with Crippen molar-refractivity contribution in [3.63, 3.8) is 0 Å². The van der Waals surface area contributed by atoms with Crippen LogP contribution in [0.1, 0.15) is 22.6 Å². The first-order valence-corrected chi connectivity index (χ1v) is 11.1. The Morgan fingerprint density at radius 1 is 0.938 bits per heavy atom. The summed E-state index contributed by atoms with van der Waals surface area (Å²) in [6.07, 6.45) is 0.460. The van der Waals surface area contributed by atoms with Gasteiger partial charge in [0.05, 0.1) is 0 Å². The molecule has 1 fully saturated rings. The van der Waals surface area contributed by atoms with E-state index in [1.54, 1.807) is 6.07 Å². The number of rotatable bonds is 4. The number of halogens is 2. The molecule has 0 radical (unpaired) electrons. The highest BCUT2D eigenvalue weighted by molar-refractivity contribution is 6.30. The Bertz CT molecular complexity index is 1280. The van der Waals surface area contributed by atoms with E-state index in [0.29, 0.717) is 18.0 Å². The molecular weight excluding hydrogens is 427 g/mol. The SMILES string of the molecule is Cc1cc(N2CCN(c3cc(Cl)ccc3C)CC2)n2nc(Cc3cccc(F)c3)nc2n1. The predicted octanol–water partition coefficient (Wildman–Crippen LogP) is 4.45. The molecule has 6 nitrogen and oxygen atoms in total. The van der Waals surface area contributed by atoms with Crippen LogP contribution in [0.15, 0.2) is 48.5 Å². The van der Waals surface area contributed by atoms with E-state index in [-0.39, 0.29) is 5.82 Å². The summed E-state index contributed by atoms with van der Waals surface area (Å²) in [5.74, 6) is 1.92. The molecule has 3 heterocycles. The van der Waals surface area contributed by atoms with Crippen LogP contribution in [-0.2, 0) is 6.42 Å². The Morgan fingerprint density at radius 3 is 2.50 bits per heavy atom. The smallest absolute Gasteiger partial charge is 0.254 e. The quantitative estimate of drug-likeness (QED) is 0.459. The molecule has 0 aliphatic carbocycles. The molecule has 0 saturated carbocycles. The predicted molar refractivity (Wildman–Crippen MR) is 125 cm³/mol. The molecule has 0 bridgehead atoms. The first-order chi connectivity index (χ1) is 15.5. The molecule has 1 saturated heterocycles.